The fraction of sp³-hybridized carbons (Fsp3) is 0.294. The quantitative estimate of drug-likeness (QED) is 0.812. The molecule has 1 aliphatic carbocycles. The number of hydrogen-bond donors (Lipinski definition) is 2. The monoisotopic (exact) mass is 360 g/mol. The van der Waals surface area contributed by atoms with Gasteiger partial charge in [0.25, 0.3) is 5.91 Å². The first-order chi connectivity index (χ1) is 12.0. The number of ether oxygens (including phenoxy) is 1. The predicted octanol–water partition coefficient (Wildman–Crippen LogP) is 2.76. The zero-order valence-electron chi connectivity index (χ0n) is 13.5. The van der Waals surface area contributed by atoms with E-state index in [1.807, 2.05) is 0 Å². The molecule has 0 bridgehead atoms. The Morgan fingerprint density at radius 3 is 2.72 bits per heavy atom. The molecule has 0 atom stereocenters. The molecule has 8 heteroatoms. The van der Waals surface area contributed by atoms with Crippen LogP contribution in [-0.4, -0.2) is 35.0 Å². The SMILES string of the molecule is COC(=O)c1c(NC(=O)c2ccncc2C(=O)O)sc2c1CCCC2. The lowest BCUT2D eigenvalue weighted by molar-refractivity contribution is 0.0600. The molecular formula is C17H16N2O5S. The normalized spacial score (nSPS) is 13.0. The molecule has 7 nitrogen and oxygen atoms in total. The van der Waals surface area contributed by atoms with E-state index in [9.17, 15) is 19.5 Å². The van der Waals surface area contributed by atoms with Crippen molar-refractivity contribution in [3.05, 3.63) is 45.6 Å². The maximum absolute atomic E-state index is 12.6. The second-order valence-electron chi connectivity index (χ2n) is 5.59. The summed E-state index contributed by atoms with van der Waals surface area (Å²) in [6.45, 7) is 0. The van der Waals surface area contributed by atoms with Crippen molar-refractivity contribution in [3.63, 3.8) is 0 Å². The summed E-state index contributed by atoms with van der Waals surface area (Å²) in [6, 6.07) is 1.34. The van der Waals surface area contributed by atoms with Crippen LogP contribution in [0.25, 0.3) is 0 Å². The van der Waals surface area contributed by atoms with Crippen LogP contribution in [-0.2, 0) is 17.6 Å². The van der Waals surface area contributed by atoms with Crippen LogP contribution in [0.5, 0.6) is 0 Å². The Morgan fingerprint density at radius 1 is 1.24 bits per heavy atom. The molecule has 25 heavy (non-hydrogen) atoms. The van der Waals surface area contributed by atoms with Crippen LogP contribution >= 0.6 is 11.3 Å². The number of aryl methyl sites for hydroxylation is 1. The third-order valence-corrected chi connectivity index (χ3v) is 5.29. The molecule has 1 aliphatic rings. The standard InChI is InChI=1S/C17H16N2O5S/c1-24-17(23)13-10-4-2-3-5-12(10)25-15(13)19-14(20)9-6-7-18-8-11(9)16(21)22/h6-8H,2-5H2,1H3,(H,19,20)(H,21,22). The second-order valence-corrected chi connectivity index (χ2v) is 6.69. The highest BCUT2D eigenvalue weighted by atomic mass is 32.1. The molecule has 2 heterocycles. The zero-order valence-corrected chi connectivity index (χ0v) is 14.3. The van der Waals surface area contributed by atoms with Crippen LogP contribution in [0.2, 0.25) is 0 Å². The molecule has 130 valence electrons. The highest BCUT2D eigenvalue weighted by molar-refractivity contribution is 7.17. The van der Waals surface area contributed by atoms with Gasteiger partial charge in [-0.3, -0.25) is 9.78 Å². The van der Waals surface area contributed by atoms with Gasteiger partial charge in [-0.25, -0.2) is 9.59 Å². The highest BCUT2D eigenvalue weighted by Gasteiger charge is 2.27. The molecule has 0 aliphatic heterocycles. The van der Waals surface area contributed by atoms with E-state index < -0.39 is 17.8 Å². The van der Waals surface area contributed by atoms with Crippen molar-refractivity contribution in [3.8, 4) is 0 Å². The number of fused-ring (bicyclic) bond motifs is 1. The first-order valence-corrected chi connectivity index (χ1v) is 8.56. The van der Waals surface area contributed by atoms with Crippen LogP contribution in [0.3, 0.4) is 0 Å². The van der Waals surface area contributed by atoms with Crippen molar-refractivity contribution in [1.82, 2.24) is 4.98 Å². The lowest BCUT2D eigenvalue weighted by Crippen LogP contribution is -2.18. The van der Waals surface area contributed by atoms with Crippen LogP contribution in [0, 0.1) is 0 Å². The summed E-state index contributed by atoms with van der Waals surface area (Å²) in [5.41, 5.74) is 1.10. The number of nitrogens with zero attached hydrogens (tertiary/aromatic N) is 1. The number of hydrogen-bond acceptors (Lipinski definition) is 6. The Labute approximate surface area is 147 Å². The highest BCUT2D eigenvalue weighted by Crippen LogP contribution is 2.38. The van der Waals surface area contributed by atoms with Gasteiger partial charge in [0.05, 0.1) is 23.8 Å². The molecule has 1 amide bonds. The lowest BCUT2D eigenvalue weighted by Gasteiger charge is -2.12. The van der Waals surface area contributed by atoms with Crippen molar-refractivity contribution in [2.45, 2.75) is 25.7 Å². The molecule has 0 saturated carbocycles. The minimum absolute atomic E-state index is 0.00955. The Balaban J connectivity index is 1.98. The van der Waals surface area contributed by atoms with Gasteiger partial charge in [0.15, 0.2) is 0 Å². The molecule has 2 aromatic heterocycles. The minimum atomic E-state index is -1.24. The van der Waals surface area contributed by atoms with E-state index >= 15 is 0 Å². The number of pyridine rings is 1. The van der Waals surface area contributed by atoms with E-state index in [1.54, 1.807) is 0 Å². The topological polar surface area (TPSA) is 106 Å². The fourth-order valence-electron chi connectivity index (χ4n) is 2.91. The molecule has 2 N–H and O–H groups in total. The number of rotatable bonds is 4. The summed E-state index contributed by atoms with van der Waals surface area (Å²) in [4.78, 5) is 40.8. The van der Waals surface area contributed by atoms with Crippen molar-refractivity contribution < 1.29 is 24.2 Å². The minimum Gasteiger partial charge on any atom is -0.478 e. The molecular weight excluding hydrogens is 344 g/mol. The molecule has 0 unspecified atom stereocenters. The summed E-state index contributed by atoms with van der Waals surface area (Å²) in [5, 5.41) is 12.3. The summed E-state index contributed by atoms with van der Waals surface area (Å²) in [7, 11) is 1.30. The number of methoxy groups -OCH3 is 1. The van der Waals surface area contributed by atoms with E-state index in [4.69, 9.17) is 4.74 Å². The van der Waals surface area contributed by atoms with Gasteiger partial charge in [-0.15, -0.1) is 11.3 Å². The van der Waals surface area contributed by atoms with Crippen molar-refractivity contribution in [2.24, 2.45) is 0 Å². The van der Waals surface area contributed by atoms with Crippen molar-refractivity contribution in [1.29, 1.82) is 0 Å². The number of esters is 1. The van der Waals surface area contributed by atoms with Gasteiger partial charge in [-0.1, -0.05) is 0 Å². The fourth-order valence-corrected chi connectivity index (χ4v) is 4.18. The van der Waals surface area contributed by atoms with E-state index in [2.05, 4.69) is 10.3 Å². The molecule has 3 rings (SSSR count). The number of thiophene rings is 1. The van der Waals surface area contributed by atoms with E-state index in [-0.39, 0.29) is 11.1 Å². The number of nitrogens with one attached hydrogen (secondary N) is 1. The number of anilines is 1. The van der Waals surface area contributed by atoms with Gasteiger partial charge in [-0.2, -0.15) is 0 Å². The van der Waals surface area contributed by atoms with Gasteiger partial charge in [0.2, 0.25) is 0 Å². The third kappa shape index (κ3) is 3.25. The number of carboxylic acids is 1. The van der Waals surface area contributed by atoms with Crippen LogP contribution in [0.4, 0.5) is 5.00 Å². The van der Waals surface area contributed by atoms with E-state index in [0.29, 0.717) is 10.6 Å². The number of aromatic nitrogens is 1. The van der Waals surface area contributed by atoms with Crippen molar-refractivity contribution in [2.75, 3.05) is 12.4 Å². The number of amides is 1. The third-order valence-electron chi connectivity index (χ3n) is 4.08. The number of aromatic carboxylic acids is 1. The van der Waals surface area contributed by atoms with Gasteiger partial charge in [0, 0.05) is 17.3 Å². The molecule has 0 radical (unpaired) electrons. The molecule has 0 spiro atoms. The zero-order chi connectivity index (χ0) is 18.0. The smallest absolute Gasteiger partial charge is 0.341 e. The van der Waals surface area contributed by atoms with E-state index in [1.165, 1.54) is 30.7 Å². The summed E-state index contributed by atoms with van der Waals surface area (Å²) in [6.07, 6.45) is 6.11. The maximum atomic E-state index is 12.6. The molecule has 0 aromatic carbocycles. The summed E-state index contributed by atoms with van der Waals surface area (Å²) < 4.78 is 4.86. The molecule has 2 aromatic rings. The molecule has 0 fully saturated rings. The maximum Gasteiger partial charge on any atom is 0.341 e. The second kappa shape index (κ2) is 7.02. The number of carbonyl (C=O) groups excluding carboxylic acids is 2. The molecule has 0 saturated heterocycles. The largest absolute Gasteiger partial charge is 0.478 e. The summed E-state index contributed by atoms with van der Waals surface area (Å²) in [5.74, 6) is -2.33. The van der Waals surface area contributed by atoms with Gasteiger partial charge in [-0.05, 0) is 37.3 Å². The first kappa shape index (κ1) is 17.1. The average molecular weight is 360 g/mol. The summed E-state index contributed by atoms with van der Waals surface area (Å²) >= 11 is 1.35. The Morgan fingerprint density at radius 2 is 2.00 bits per heavy atom. The van der Waals surface area contributed by atoms with Crippen molar-refractivity contribution >= 4 is 34.2 Å². The number of carboxylic acid groups (broad SMARTS) is 1. The predicted molar refractivity (Wildman–Crippen MR) is 91.5 cm³/mol. The lowest BCUT2D eigenvalue weighted by atomic mass is 9.95. The van der Waals surface area contributed by atoms with Gasteiger partial charge in [0.1, 0.15) is 5.00 Å². The van der Waals surface area contributed by atoms with Crippen LogP contribution in [0.1, 0.15) is 54.4 Å². The van der Waals surface area contributed by atoms with Crippen LogP contribution in [0.15, 0.2) is 18.5 Å². The Kier molecular flexibility index (Phi) is 4.80. The Hall–Kier alpha value is -2.74. The van der Waals surface area contributed by atoms with Gasteiger partial charge >= 0.3 is 11.9 Å². The van der Waals surface area contributed by atoms with E-state index in [0.717, 1.165) is 42.3 Å². The Bertz CT molecular complexity index is 859. The average Bonchev–Trinajstić information content (AvgIpc) is 2.98. The van der Waals surface area contributed by atoms with Crippen LogP contribution < -0.4 is 5.32 Å². The van der Waals surface area contributed by atoms with Gasteiger partial charge < -0.3 is 15.2 Å². The number of carbonyl (C=O) groups is 3. The first-order valence-electron chi connectivity index (χ1n) is 7.74.